The molecule has 27 heavy (non-hydrogen) atoms. The van der Waals surface area contributed by atoms with E-state index in [1.807, 2.05) is 0 Å². The topological polar surface area (TPSA) is 105 Å². The molecular formula is C19H20ClNO6. The highest BCUT2D eigenvalue weighted by Gasteiger charge is 2.21. The quantitative estimate of drug-likeness (QED) is 0.462. The minimum atomic E-state index is -1.13. The number of nitrogens with one attached hydrogen (secondary N) is 1. The fraction of sp³-hybridized carbons (Fsp3) is 0.263. The number of hydrogen-bond acceptors (Lipinski definition) is 5. The van der Waals surface area contributed by atoms with Crippen LogP contribution in [0.1, 0.15) is 6.92 Å². The summed E-state index contributed by atoms with van der Waals surface area (Å²) in [6.07, 6.45) is 6.28. The second-order valence-electron chi connectivity index (χ2n) is 5.68. The summed E-state index contributed by atoms with van der Waals surface area (Å²) in [6.45, 7) is 1.86. The number of carboxylic acids is 1. The van der Waals surface area contributed by atoms with E-state index in [9.17, 15) is 14.7 Å². The van der Waals surface area contributed by atoms with Gasteiger partial charge in [0, 0.05) is 11.6 Å². The van der Waals surface area contributed by atoms with Gasteiger partial charge in [0.25, 0.3) is 0 Å². The van der Waals surface area contributed by atoms with E-state index in [1.165, 1.54) is 19.1 Å². The number of ether oxygens (including phenoxy) is 2. The lowest BCUT2D eigenvalue weighted by Crippen LogP contribution is -2.40. The molecule has 7 nitrogen and oxygen atoms in total. The van der Waals surface area contributed by atoms with E-state index in [1.54, 1.807) is 36.4 Å². The van der Waals surface area contributed by atoms with Crippen LogP contribution in [0.4, 0.5) is 0 Å². The summed E-state index contributed by atoms with van der Waals surface area (Å²) < 4.78 is 11.0. The first-order valence-electron chi connectivity index (χ1n) is 8.19. The van der Waals surface area contributed by atoms with Gasteiger partial charge in [-0.2, -0.15) is 0 Å². The van der Waals surface area contributed by atoms with Crippen LogP contribution in [0.15, 0.2) is 59.9 Å². The lowest BCUT2D eigenvalue weighted by molar-refractivity contribution is -0.140. The van der Waals surface area contributed by atoms with Gasteiger partial charge in [-0.3, -0.25) is 9.59 Å². The fourth-order valence-electron chi connectivity index (χ4n) is 2.13. The summed E-state index contributed by atoms with van der Waals surface area (Å²) in [5.74, 6) is -0.570. The van der Waals surface area contributed by atoms with Crippen LogP contribution < -0.4 is 10.1 Å². The summed E-state index contributed by atoms with van der Waals surface area (Å²) >= 11 is 6.17. The van der Waals surface area contributed by atoms with Crippen LogP contribution in [0.2, 0.25) is 0 Å². The van der Waals surface area contributed by atoms with Crippen LogP contribution in [0.25, 0.3) is 0 Å². The highest BCUT2D eigenvalue weighted by molar-refractivity contribution is 6.27. The Morgan fingerprint density at radius 3 is 2.70 bits per heavy atom. The third-order valence-electron chi connectivity index (χ3n) is 3.57. The van der Waals surface area contributed by atoms with Crippen molar-refractivity contribution in [3.63, 3.8) is 0 Å². The first kappa shape index (κ1) is 20.4. The van der Waals surface area contributed by atoms with Crippen molar-refractivity contribution < 1.29 is 29.3 Å². The first-order valence-corrected chi connectivity index (χ1v) is 8.63. The van der Waals surface area contributed by atoms with Crippen LogP contribution in [0.5, 0.6) is 11.5 Å². The average Bonchev–Trinajstić information content (AvgIpc) is 2.80. The van der Waals surface area contributed by atoms with Crippen molar-refractivity contribution >= 4 is 23.5 Å². The Balaban J connectivity index is 1.89. The summed E-state index contributed by atoms with van der Waals surface area (Å²) in [5.41, 5.74) is 0.218. The van der Waals surface area contributed by atoms with Crippen molar-refractivity contribution in [2.45, 2.75) is 18.3 Å². The molecule has 0 fully saturated rings. The van der Waals surface area contributed by atoms with Crippen LogP contribution in [0, 0.1) is 0 Å². The number of alkyl halides is 1. The Morgan fingerprint density at radius 1 is 1.26 bits per heavy atom. The number of aliphatic carboxylic acids is 1. The molecule has 0 aliphatic heterocycles. The van der Waals surface area contributed by atoms with Gasteiger partial charge in [0.2, 0.25) is 5.91 Å². The monoisotopic (exact) mass is 393 g/mol. The molecule has 1 aliphatic carbocycles. The Bertz CT molecular complexity index is 786. The fourth-order valence-corrected chi connectivity index (χ4v) is 2.38. The molecule has 1 aromatic carbocycles. The molecule has 0 saturated heterocycles. The van der Waals surface area contributed by atoms with E-state index < -0.39 is 23.3 Å². The summed E-state index contributed by atoms with van der Waals surface area (Å²) in [4.78, 5) is 23.0. The molecule has 1 amide bonds. The number of phenols is 1. The molecule has 2 rings (SSSR count). The number of amides is 1. The molecule has 0 bridgehead atoms. The molecule has 0 aromatic heterocycles. The van der Waals surface area contributed by atoms with Gasteiger partial charge in [0.15, 0.2) is 0 Å². The van der Waals surface area contributed by atoms with Crippen molar-refractivity contribution in [1.82, 2.24) is 5.32 Å². The zero-order valence-corrected chi connectivity index (χ0v) is 15.3. The van der Waals surface area contributed by atoms with Crippen LogP contribution in [-0.2, 0) is 14.3 Å². The van der Waals surface area contributed by atoms with Gasteiger partial charge in [-0.05, 0) is 37.3 Å². The van der Waals surface area contributed by atoms with Crippen molar-refractivity contribution in [1.29, 1.82) is 0 Å². The van der Waals surface area contributed by atoms with Gasteiger partial charge < -0.3 is 25.0 Å². The number of carbonyl (C=O) groups excluding carboxylic acids is 1. The summed E-state index contributed by atoms with van der Waals surface area (Å²) in [7, 11) is 0. The molecule has 8 heteroatoms. The van der Waals surface area contributed by atoms with Crippen LogP contribution in [0.3, 0.4) is 0 Å². The minimum Gasteiger partial charge on any atom is -0.508 e. The molecule has 144 valence electrons. The number of hydrogen-bond donors (Lipinski definition) is 3. The number of rotatable bonds is 8. The Hall–Kier alpha value is -2.93. The van der Waals surface area contributed by atoms with E-state index in [-0.39, 0.29) is 24.5 Å². The number of carboxylic acid groups (broad SMARTS) is 1. The number of halogens is 1. The van der Waals surface area contributed by atoms with Crippen molar-refractivity contribution in [2.75, 3.05) is 13.2 Å². The highest BCUT2D eigenvalue weighted by atomic mass is 35.5. The minimum absolute atomic E-state index is 0.115. The summed E-state index contributed by atoms with van der Waals surface area (Å²) in [6, 6.07) is 5.40. The van der Waals surface area contributed by atoms with Crippen molar-refractivity contribution in [3.05, 3.63) is 59.9 Å². The van der Waals surface area contributed by atoms with Crippen molar-refractivity contribution in [3.8, 4) is 11.5 Å². The average molecular weight is 394 g/mol. The van der Waals surface area contributed by atoms with Gasteiger partial charge in [-0.15, -0.1) is 11.6 Å². The largest absolute Gasteiger partial charge is 0.508 e. The Morgan fingerprint density at radius 2 is 2.00 bits per heavy atom. The Kier molecular flexibility index (Phi) is 7.31. The number of carbonyl (C=O) groups is 2. The number of benzene rings is 1. The number of allylic oxidation sites excluding steroid dienone is 4. The third-order valence-corrected chi connectivity index (χ3v) is 3.95. The second-order valence-corrected chi connectivity index (χ2v) is 6.15. The lowest BCUT2D eigenvalue weighted by atomic mass is 10.1. The molecule has 0 spiro atoms. The van der Waals surface area contributed by atoms with E-state index >= 15 is 0 Å². The smallest absolute Gasteiger partial charge is 0.325 e. The van der Waals surface area contributed by atoms with E-state index in [2.05, 4.69) is 5.32 Å². The van der Waals surface area contributed by atoms with E-state index in [0.717, 1.165) is 0 Å². The summed E-state index contributed by atoms with van der Waals surface area (Å²) in [5, 5.41) is 19.9. The SMILES string of the molecule is C[C@H](NC(=O)C1=CC=C(OCCOc2cccc(O)c2)C=CC1Cl)C(=O)O. The predicted octanol–water partition coefficient (Wildman–Crippen LogP) is 2.36. The molecule has 1 aromatic rings. The normalized spacial score (nSPS) is 17.2. The molecule has 3 N–H and O–H groups in total. The van der Waals surface area contributed by atoms with Gasteiger partial charge >= 0.3 is 5.97 Å². The Labute approximate surface area is 161 Å². The molecule has 0 radical (unpaired) electrons. The van der Waals surface area contributed by atoms with Gasteiger partial charge in [-0.1, -0.05) is 12.1 Å². The third kappa shape index (κ3) is 6.38. The number of phenolic OH excluding ortho intramolecular Hbond substituents is 1. The van der Waals surface area contributed by atoms with Crippen molar-refractivity contribution in [2.24, 2.45) is 0 Å². The van der Waals surface area contributed by atoms with E-state index in [0.29, 0.717) is 11.5 Å². The van der Waals surface area contributed by atoms with Crippen LogP contribution >= 0.6 is 11.6 Å². The molecule has 0 saturated carbocycles. The molecule has 2 atom stereocenters. The first-order chi connectivity index (χ1) is 12.9. The molecule has 1 aliphatic rings. The second kappa shape index (κ2) is 9.68. The highest BCUT2D eigenvalue weighted by Crippen LogP contribution is 2.19. The molecule has 1 unspecified atom stereocenters. The maximum atomic E-state index is 12.2. The van der Waals surface area contributed by atoms with Gasteiger partial charge in [-0.25, -0.2) is 0 Å². The maximum Gasteiger partial charge on any atom is 0.325 e. The maximum absolute atomic E-state index is 12.2. The predicted molar refractivity (Wildman–Crippen MR) is 99.7 cm³/mol. The zero-order chi connectivity index (χ0) is 19.8. The van der Waals surface area contributed by atoms with Crippen LogP contribution in [-0.4, -0.2) is 46.7 Å². The molecular weight excluding hydrogens is 374 g/mol. The number of aromatic hydroxyl groups is 1. The zero-order valence-electron chi connectivity index (χ0n) is 14.6. The lowest BCUT2D eigenvalue weighted by Gasteiger charge is -2.12. The standard InChI is InChI=1S/C19H20ClNO6/c1-12(19(24)25)21-18(23)16-7-5-14(6-8-17(16)20)26-9-10-27-15-4-2-3-13(22)11-15/h2-8,11-12,17,22H,9-10H2,1H3,(H,21,23)(H,24,25)/t12-,17?/m0/s1. The van der Waals surface area contributed by atoms with Gasteiger partial charge in [0.1, 0.15) is 36.5 Å². The molecule has 0 heterocycles. The van der Waals surface area contributed by atoms with Gasteiger partial charge in [0.05, 0.1) is 5.38 Å². The van der Waals surface area contributed by atoms with E-state index in [4.69, 9.17) is 26.2 Å².